The number of carbonyl (C=O) groups is 1. The molecule has 0 radical (unpaired) electrons. The maximum Gasteiger partial charge on any atom is 0.338 e. The summed E-state index contributed by atoms with van der Waals surface area (Å²) in [5, 5.41) is 9.95. The van der Waals surface area contributed by atoms with Gasteiger partial charge in [-0.3, -0.25) is 0 Å². The smallest absolute Gasteiger partial charge is 0.338 e. The predicted molar refractivity (Wildman–Crippen MR) is 86.1 cm³/mol. The highest BCUT2D eigenvalue weighted by atomic mass is 32.2. The van der Waals surface area contributed by atoms with Crippen LogP contribution in [0.2, 0.25) is 0 Å². The van der Waals surface area contributed by atoms with E-state index in [2.05, 4.69) is 36.2 Å². The zero-order valence-electron chi connectivity index (χ0n) is 12.5. The van der Waals surface area contributed by atoms with Crippen LogP contribution in [0.1, 0.15) is 39.7 Å². The van der Waals surface area contributed by atoms with Gasteiger partial charge in [0.2, 0.25) is 0 Å². The van der Waals surface area contributed by atoms with Crippen molar-refractivity contribution in [2.75, 3.05) is 0 Å². The van der Waals surface area contributed by atoms with Crippen molar-refractivity contribution < 1.29 is 9.90 Å². The maximum absolute atomic E-state index is 11.4. The van der Waals surface area contributed by atoms with E-state index in [9.17, 15) is 9.90 Å². The Morgan fingerprint density at radius 1 is 1.19 bits per heavy atom. The first-order valence-corrected chi connectivity index (χ1v) is 7.92. The van der Waals surface area contributed by atoms with E-state index >= 15 is 0 Å². The van der Waals surface area contributed by atoms with Gasteiger partial charge in [-0.1, -0.05) is 31.2 Å². The average Bonchev–Trinajstić information content (AvgIpc) is 2.44. The Hall–Kier alpha value is -1.81. The lowest BCUT2D eigenvalue weighted by molar-refractivity contribution is 0.0691. The average molecular weight is 301 g/mol. The highest BCUT2D eigenvalue weighted by Gasteiger charge is 2.16. The van der Waals surface area contributed by atoms with Crippen molar-refractivity contribution in [3.05, 3.63) is 58.3 Å². The lowest BCUT2D eigenvalue weighted by Crippen LogP contribution is -2.05. The van der Waals surface area contributed by atoms with E-state index in [0.29, 0.717) is 10.6 Å². The molecule has 0 aliphatic carbocycles. The van der Waals surface area contributed by atoms with Crippen molar-refractivity contribution in [1.82, 2.24) is 4.98 Å². The van der Waals surface area contributed by atoms with E-state index in [1.165, 1.54) is 22.9 Å². The molecule has 0 spiro atoms. The minimum absolute atomic E-state index is 0.316. The molecule has 21 heavy (non-hydrogen) atoms. The van der Waals surface area contributed by atoms with Crippen LogP contribution in [0.4, 0.5) is 0 Å². The second-order valence-electron chi connectivity index (χ2n) is 5.02. The summed E-state index contributed by atoms with van der Waals surface area (Å²) in [6, 6.07) is 10.2. The fourth-order valence-electron chi connectivity index (χ4n) is 2.19. The lowest BCUT2D eigenvalue weighted by Gasteiger charge is -2.09. The molecule has 1 aromatic carbocycles. The summed E-state index contributed by atoms with van der Waals surface area (Å²) in [6.45, 7) is 5.83. The van der Waals surface area contributed by atoms with E-state index in [-0.39, 0.29) is 0 Å². The second-order valence-corrected chi connectivity index (χ2v) is 5.99. The van der Waals surface area contributed by atoms with Crippen molar-refractivity contribution >= 4 is 17.7 Å². The number of carboxylic acid groups (broad SMARTS) is 1. The Kier molecular flexibility index (Phi) is 5.02. The summed E-state index contributed by atoms with van der Waals surface area (Å²) in [5.41, 5.74) is 4.41. The van der Waals surface area contributed by atoms with Crippen LogP contribution < -0.4 is 0 Å². The number of carboxylic acids is 1. The number of pyridine rings is 1. The number of aromatic nitrogens is 1. The van der Waals surface area contributed by atoms with Gasteiger partial charge in [-0.15, -0.1) is 11.8 Å². The summed E-state index contributed by atoms with van der Waals surface area (Å²) in [4.78, 5) is 15.8. The molecule has 0 aliphatic heterocycles. The molecular formula is C17H19NO2S. The van der Waals surface area contributed by atoms with Gasteiger partial charge in [-0.2, -0.15) is 0 Å². The molecule has 2 aromatic rings. The number of hydrogen-bond acceptors (Lipinski definition) is 3. The minimum Gasteiger partial charge on any atom is -0.478 e. The van der Waals surface area contributed by atoms with Crippen molar-refractivity contribution in [2.24, 2.45) is 0 Å². The highest BCUT2D eigenvalue weighted by molar-refractivity contribution is 7.98. The number of nitrogens with zero attached hydrogens (tertiary/aromatic N) is 1. The van der Waals surface area contributed by atoms with E-state index < -0.39 is 5.97 Å². The molecule has 0 aliphatic rings. The van der Waals surface area contributed by atoms with E-state index in [1.54, 1.807) is 0 Å². The maximum atomic E-state index is 11.4. The van der Waals surface area contributed by atoms with Gasteiger partial charge >= 0.3 is 5.97 Å². The third kappa shape index (κ3) is 3.85. The standard InChI is InChI=1S/C17H19NO2S/c1-4-13-5-7-14(8-6-13)10-21-16-15(17(19)20)11(2)9-12(3)18-16/h5-9H,4,10H2,1-3H3,(H,19,20). The summed E-state index contributed by atoms with van der Waals surface area (Å²) in [6.07, 6.45) is 1.02. The molecule has 0 unspecified atom stereocenters. The van der Waals surface area contributed by atoms with Gasteiger partial charge < -0.3 is 5.11 Å². The van der Waals surface area contributed by atoms with Crippen LogP contribution in [0.15, 0.2) is 35.4 Å². The van der Waals surface area contributed by atoms with Gasteiger partial charge in [-0.25, -0.2) is 9.78 Å². The van der Waals surface area contributed by atoms with Crippen molar-refractivity contribution in [1.29, 1.82) is 0 Å². The van der Waals surface area contributed by atoms with Crippen molar-refractivity contribution in [3.8, 4) is 0 Å². The molecule has 1 aromatic heterocycles. The molecule has 4 heteroatoms. The minimum atomic E-state index is -0.913. The van der Waals surface area contributed by atoms with Crippen LogP contribution in [0.5, 0.6) is 0 Å². The Bertz CT molecular complexity index is 651. The Labute approximate surface area is 129 Å². The molecule has 0 amide bonds. The fourth-order valence-corrected chi connectivity index (χ4v) is 3.29. The van der Waals surface area contributed by atoms with Gasteiger partial charge in [0.15, 0.2) is 0 Å². The van der Waals surface area contributed by atoms with Crippen LogP contribution in [-0.4, -0.2) is 16.1 Å². The monoisotopic (exact) mass is 301 g/mol. The van der Waals surface area contributed by atoms with Crippen molar-refractivity contribution in [2.45, 2.75) is 38.0 Å². The first-order valence-electron chi connectivity index (χ1n) is 6.93. The third-order valence-electron chi connectivity index (χ3n) is 3.33. The molecule has 110 valence electrons. The molecule has 0 atom stereocenters. The SMILES string of the molecule is CCc1ccc(CSc2nc(C)cc(C)c2C(=O)O)cc1. The molecular weight excluding hydrogens is 282 g/mol. The Balaban J connectivity index is 2.20. The Morgan fingerprint density at radius 3 is 2.38 bits per heavy atom. The van der Waals surface area contributed by atoms with Gasteiger partial charge in [0.05, 0.1) is 5.56 Å². The second kappa shape index (κ2) is 6.76. The summed E-state index contributed by atoms with van der Waals surface area (Å²) in [5.74, 6) is -0.191. The van der Waals surface area contributed by atoms with E-state index in [1.807, 2.05) is 19.9 Å². The number of rotatable bonds is 5. The van der Waals surface area contributed by atoms with E-state index in [4.69, 9.17) is 0 Å². The number of aryl methyl sites for hydroxylation is 3. The molecule has 2 rings (SSSR count). The quantitative estimate of drug-likeness (QED) is 0.839. The van der Waals surface area contributed by atoms with Crippen LogP contribution in [-0.2, 0) is 12.2 Å². The Morgan fingerprint density at radius 2 is 1.81 bits per heavy atom. The fraction of sp³-hybridized carbons (Fsp3) is 0.294. The lowest BCUT2D eigenvalue weighted by atomic mass is 10.1. The number of thioether (sulfide) groups is 1. The van der Waals surface area contributed by atoms with Gasteiger partial charge in [-0.05, 0) is 43.0 Å². The first kappa shape index (κ1) is 15.6. The molecule has 0 fully saturated rings. The number of aromatic carboxylic acids is 1. The third-order valence-corrected chi connectivity index (χ3v) is 4.38. The van der Waals surface area contributed by atoms with E-state index in [0.717, 1.165) is 23.4 Å². The summed E-state index contributed by atoms with van der Waals surface area (Å²) < 4.78 is 0. The highest BCUT2D eigenvalue weighted by Crippen LogP contribution is 2.27. The topological polar surface area (TPSA) is 50.2 Å². The molecule has 0 saturated carbocycles. The molecule has 0 bridgehead atoms. The van der Waals surface area contributed by atoms with Gasteiger partial charge in [0, 0.05) is 11.4 Å². The number of benzene rings is 1. The number of hydrogen-bond donors (Lipinski definition) is 1. The molecule has 1 heterocycles. The normalized spacial score (nSPS) is 10.6. The zero-order valence-corrected chi connectivity index (χ0v) is 13.3. The summed E-state index contributed by atoms with van der Waals surface area (Å²) in [7, 11) is 0. The van der Waals surface area contributed by atoms with Crippen LogP contribution in [0, 0.1) is 13.8 Å². The van der Waals surface area contributed by atoms with Gasteiger partial charge in [0.25, 0.3) is 0 Å². The van der Waals surface area contributed by atoms with Crippen LogP contribution in [0.25, 0.3) is 0 Å². The van der Waals surface area contributed by atoms with Crippen molar-refractivity contribution in [3.63, 3.8) is 0 Å². The molecule has 3 nitrogen and oxygen atoms in total. The molecule has 0 saturated heterocycles. The van der Waals surface area contributed by atoms with Crippen LogP contribution >= 0.6 is 11.8 Å². The van der Waals surface area contributed by atoms with Crippen LogP contribution in [0.3, 0.4) is 0 Å². The summed E-state index contributed by atoms with van der Waals surface area (Å²) >= 11 is 1.48. The first-order chi connectivity index (χ1) is 10.0. The molecule has 1 N–H and O–H groups in total. The largest absolute Gasteiger partial charge is 0.478 e. The predicted octanol–water partition coefficient (Wildman–Crippen LogP) is 4.25. The van der Waals surface area contributed by atoms with Gasteiger partial charge in [0.1, 0.15) is 5.03 Å². The zero-order chi connectivity index (χ0) is 15.4.